The average molecular weight is 252 g/mol. The summed E-state index contributed by atoms with van der Waals surface area (Å²) < 4.78 is 19.7. The first kappa shape index (κ1) is 13.3. The van der Waals surface area contributed by atoms with Crippen LogP contribution >= 0.6 is 0 Å². The van der Waals surface area contributed by atoms with Crippen molar-refractivity contribution in [2.24, 2.45) is 5.73 Å². The number of likely N-dealkylation sites (N-methyl/N-ethyl adjacent to an activating group) is 1. The molecule has 4 heteroatoms. The van der Waals surface area contributed by atoms with Gasteiger partial charge < -0.3 is 15.4 Å². The van der Waals surface area contributed by atoms with Crippen molar-refractivity contribution in [1.29, 1.82) is 0 Å². The lowest BCUT2D eigenvalue weighted by Crippen LogP contribution is -2.38. The molecule has 18 heavy (non-hydrogen) atoms. The summed E-state index contributed by atoms with van der Waals surface area (Å²) in [6, 6.07) is 5.10. The third-order valence-electron chi connectivity index (χ3n) is 3.69. The molecule has 1 aromatic carbocycles. The van der Waals surface area contributed by atoms with Gasteiger partial charge in [-0.05, 0) is 31.9 Å². The molecule has 0 bridgehead atoms. The second kappa shape index (κ2) is 5.24. The second-order valence-electron chi connectivity index (χ2n) is 5.01. The van der Waals surface area contributed by atoms with E-state index in [1.54, 1.807) is 6.07 Å². The number of ether oxygens (including phenoxy) is 1. The maximum absolute atomic E-state index is 14.1. The molecule has 2 rings (SSSR count). The van der Waals surface area contributed by atoms with Crippen molar-refractivity contribution in [3.63, 3.8) is 0 Å². The molecule has 0 saturated carbocycles. The molecule has 3 unspecified atom stereocenters. The van der Waals surface area contributed by atoms with Crippen molar-refractivity contribution in [2.75, 3.05) is 18.6 Å². The topological polar surface area (TPSA) is 38.5 Å². The van der Waals surface area contributed by atoms with Crippen molar-refractivity contribution in [3.05, 3.63) is 29.6 Å². The van der Waals surface area contributed by atoms with Crippen LogP contribution in [0.3, 0.4) is 0 Å². The minimum atomic E-state index is -0.216. The molecule has 1 fully saturated rings. The van der Waals surface area contributed by atoms with Gasteiger partial charge in [0.15, 0.2) is 0 Å². The minimum Gasteiger partial charge on any atom is -0.376 e. The number of para-hydroxylation sites is 1. The predicted molar refractivity (Wildman–Crippen MR) is 71.2 cm³/mol. The molecule has 1 heterocycles. The fourth-order valence-electron chi connectivity index (χ4n) is 2.67. The van der Waals surface area contributed by atoms with Crippen LogP contribution in [0.2, 0.25) is 0 Å². The molecular weight excluding hydrogens is 231 g/mol. The second-order valence-corrected chi connectivity index (χ2v) is 5.01. The van der Waals surface area contributed by atoms with Gasteiger partial charge in [-0.15, -0.1) is 0 Å². The van der Waals surface area contributed by atoms with Crippen molar-refractivity contribution >= 4 is 5.69 Å². The molecule has 0 aromatic heterocycles. The Hall–Kier alpha value is -1.13. The smallest absolute Gasteiger partial charge is 0.146 e. The molecule has 0 aliphatic carbocycles. The highest BCUT2D eigenvalue weighted by Crippen LogP contribution is 2.32. The number of benzene rings is 1. The van der Waals surface area contributed by atoms with E-state index in [1.807, 2.05) is 31.9 Å². The van der Waals surface area contributed by atoms with Crippen LogP contribution in [-0.4, -0.2) is 25.8 Å². The van der Waals surface area contributed by atoms with E-state index in [-0.39, 0.29) is 24.0 Å². The Kier molecular flexibility index (Phi) is 3.88. The number of rotatable bonds is 3. The van der Waals surface area contributed by atoms with Crippen LogP contribution in [0, 0.1) is 5.82 Å². The van der Waals surface area contributed by atoms with Gasteiger partial charge in [0.2, 0.25) is 0 Å². The van der Waals surface area contributed by atoms with Gasteiger partial charge in [0, 0.05) is 19.7 Å². The Balaban J connectivity index is 2.37. The summed E-state index contributed by atoms with van der Waals surface area (Å²) in [4.78, 5) is 1.98. The standard InChI is InChI=1S/C14H21FN2O/c1-9(16)11-5-4-6-12(15)14(11)17(3)13-7-8-18-10(13)2/h4-6,9-10,13H,7-8,16H2,1-3H3. The molecule has 0 amide bonds. The van der Waals surface area contributed by atoms with E-state index in [4.69, 9.17) is 10.5 Å². The highest BCUT2D eigenvalue weighted by atomic mass is 19.1. The molecule has 1 aromatic rings. The van der Waals surface area contributed by atoms with E-state index in [0.29, 0.717) is 5.69 Å². The van der Waals surface area contributed by atoms with Crippen molar-refractivity contribution in [1.82, 2.24) is 0 Å². The summed E-state index contributed by atoms with van der Waals surface area (Å²) in [6.45, 7) is 4.64. The minimum absolute atomic E-state index is 0.121. The molecule has 1 aliphatic rings. The Morgan fingerprint density at radius 2 is 2.22 bits per heavy atom. The van der Waals surface area contributed by atoms with Crippen molar-refractivity contribution in [3.8, 4) is 0 Å². The number of hydrogen-bond donors (Lipinski definition) is 1. The van der Waals surface area contributed by atoms with Gasteiger partial charge in [-0.3, -0.25) is 0 Å². The van der Waals surface area contributed by atoms with Gasteiger partial charge in [0.1, 0.15) is 5.82 Å². The van der Waals surface area contributed by atoms with E-state index in [0.717, 1.165) is 18.6 Å². The average Bonchev–Trinajstić information content (AvgIpc) is 2.74. The highest BCUT2D eigenvalue weighted by molar-refractivity contribution is 5.56. The van der Waals surface area contributed by atoms with E-state index < -0.39 is 0 Å². The maximum atomic E-state index is 14.1. The molecule has 3 nitrogen and oxygen atoms in total. The monoisotopic (exact) mass is 252 g/mol. The number of hydrogen-bond acceptors (Lipinski definition) is 3. The lowest BCUT2D eigenvalue weighted by molar-refractivity contribution is 0.118. The first-order valence-corrected chi connectivity index (χ1v) is 6.40. The Morgan fingerprint density at radius 1 is 1.50 bits per heavy atom. The first-order valence-electron chi connectivity index (χ1n) is 6.40. The van der Waals surface area contributed by atoms with Gasteiger partial charge in [0.25, 0.3) is 0 Å². The highest BCUT2D eigenvalue weighted by Gasteiger charge is 2.30. The third-order valence-corrected chi connectivity index (χ3v) is 3.69. The zero-order valence-electron chi connectivity index (χ0n) is 11.2. The predicted octanol–water partition coefficient (Wildman–Crippen LogP) is 2.46. The van der Waals surface area contributed by atoms with Gasteiger partial charge >= 0.3 is 0 Å². The van der Waals surface area contributed by atoms with Crippen LogP contribution in [-0.2, 0) is 4.74 Å². The van der Waals surface area contributed by atoms with Crippen molar-refractivity contribution in [2.45, 2.75) is 38.5 Å². The maximum Gasteiger partial charge on any atom is 0.146 e. The number of nitrogens with two attached hydrogens (primary N) is 1. The number of nitrogens with zero attached hydrogens (tertiary/aromatic N) is 1. The zero-order valence-corrected chi connectivity index (χ0v) is 11.2. The van der Waals surface area contributed by atoms with Crippen molar-refractivity contribution < 1.29 is 9.13 Å². The fourth-order valence-corrected chi connectivity index (χ4v) is 2.67. The van der Waals surface area contributed by atoms with Crippen LogP contribution < -0.4 is 10.6 Å². The summed E-state index contributed by atoms with van der Waals surface area (Å²) in [5, 5.41) is 0. The molecule has 0 spiro atoms. The SMILES string of the molecule is CC(N)c1cccc(F)c1N(C)C1CCOC1C. The molecule has 100 valence electrons. The van der Waals surface area contributed by atoms with Gasteiger partial charge in [-0.25, -0.2) is 4.39 Å². The molecular formula is C14H21FN2O. The van der Waals surface area contributed by atoms with E-state index in [9.17, 15) is 4.39 Å². The van der Waals surface area contributed by atoms with Gasteiger partial charge in [-0.2, -0.15) is 0 Å². The lowest BCUT2D eigenvalue weighted by atomic mass is 10.0. The summed E-state index contributed by atoms with van der Waals surface area (Å²) in [7, 11) is 1.92. The van der Waals surface area contributed by atoms with Gasteiger partial charge in [0.05, 0.1) is 17.8 Å². The van der Waals surface area contributed by atoms with Crippen LogP contribution in [0.4, 0.5) is 10.1 Å². The molecule has 1 aliphatic heterocycles. The normalized spacial score (nSPS) is 25.2. The quantitative estimate of drug-likeness (QED) is 0.898. The lowest BCUT2D eigenvalue weighted by Gasteiger charge is -2.31. The largest absolute Gasteiger partial charge is 0.376 e. The van der Waals surface area contributed by atoms with E-state index in [2.05, 4.69) is 0 Å². The number of halogens is 1. The molecule has 3 atom stereocenters. The van der Waals surface area contributed by atoms with E-state index >= 15 is 0 Å². The van der Waals surface area contributed by atoms with Crippen LogP contribution in [0.15, 0.2) is 18.2 Å². The Labute approximate surface area is 108 Å². The van der Waals surface area contributed by atoms with Crippen LogP contribution in [0.1, 0.15) is 31.9 Å². The Morgan fingerprint density at radius 3 is 2.78 bits per heavy atom. The fraction of sp³-hybridized carbons (Fsp3) is 0.571. The van der Waals surface area contributed by atoms with Crippen LogP contribution in [0.25, 0.3) is 0 Å². The van der Waals surface area contributed by atoms with E-state index in [1.165, 1.54) is 6.07 Å². The third kappa shape index (κ3) is 2.35. The Bertz CT molecular complexity index is 422. The summed E-state index contributed by atoms with van der Waals surface area (Å²) in [5.74, 6) is -0.216. The first-order chi connectivity index (χ1) is 8.52. The molecule has 2 N–H and O–H groups in total. The number of anilines is 1. The molecule has 0 radical (unpaired) electrons. The summed E-state index contributed by atoms with van der Waals surface area (Å²) >= 11 is 0. The van der Waals surface area contributed by atoms with Gasteiger partial charge in [-0.1, -0.05) is 12.1 Å². The summed E-state index contributed by atoms with van der Waals surface area (Å²) in [5.41, 5.74) is 7.38. The zero-order chi connectivity index (χ0) is 13.3. The summed E-state index contributed by atoms with van der Waals surface area (Å²) in [6.07, 6.45) is 1.04. The van der Waals surface area contributed by atoms with Crippen LogP contribution in [0.5, 0.6) is 0 Å². The molecule has 1 saturated heterocycles.